The summed E-state index contributed by atoms with van der Waals surface area (Å²) in [6.07, 6.45) is 0. The van der Waals surface area contributed by atoms with Gasteiger partial charge in [0.15, 0.2) is 0 Å². The minimum atomic E-state index is 0.191. The number of hydrogen-bond acceptors (Lipinski definition) is 3. The largest absolute Gasteiger partial charge is 0.395 e. The van der Waals surface area contributed by atoms with E-state index in [4.69, 9.17) is 5.11 Å². The third-order valence-corrected chi connectivity index (χ3v) is 3.19. The van der Waals surface area contributed by atoms with Gasteiger partial charge in [0.25, 0.3) is 0 Å². The Kier molecular flexibility index (Phi) is 6.16. The lowest BCUT2D eigenvalue weighted by atomic mass is 10.1. The summed E-state index contributed by atoms with van der Waals surface area (Å²) in [4.78, 5) is 2.23. The molecule has 1 rings (SSSR count). The van der Waals surface area contributed by atoms with Gasteiger partial charge in [0.05, 0.1) is 6.61 Å². The third-order valence-electron chi connectivity index (χ3n) is 3.19. The Balaban J connectivity index is 2.87. The first kappa shape index (κ1) is 15.0. The van der Waals surface area contributed by atoms with Crippen LogP contribution in [0.15, 0.2) is 18.2 Å². The van der Waals surface area contributed by atoms with Crippen molar-refractivity contribution in [2.24, 2.45) is 0 Å². The Hall–Kier alpha value is -1.06. The second kappa shape index (κ2) is 7.39. The number of nitrogens with one attached hydrogen (secondary N) is 1. The molecule has 0 aliphatic carbocycles. The number of rotatable bonds is 7. The summed E-state index contributed by atoms with van der Waals surface area (Å²) in [6.45, 7) is 11.3. The minimum Gasteiger partial charge on any atom is -0.395 e. The van der Waals surface area contributed by atoms with Crippen LogP contribution in [0.2, 0.25) is 0 Å². The van der Waals surface area contributed by atoms with Crippen LogP contribution in [0.5, 0.6) is 0 Å². The van der Waals surface area contributed by atoms with Crippen LogP contribution in [0.25, 0.3) is 0 Å². The number of hydrogen-bond donors (Lipinski definition) is 2. The molecule has 0 atom stereocenters. The van der Waals surface area contributed by atoms with E-state index < -0.39 is 0 Å². The molecular weight excluding hydrogens is 224 g/mol. The predicted molar refractivity (Wildman–Crippen MR) is 78.1 cm³/mol. The van der Waals surface area contributed by atoms with E-state index in [1.54, 1.807) is 0 Å². The molecule has 0 saturated heterocycles. The van der Waals surface area contributed by atoms with Crippen LogP contribution in [0.3, 0.4) is 0 Å². The molecule has 3 heteroatoms. The summed E-state index contributed by atoms with van der Waals surface area (Å²) in [5.41, 5.74) is 3.84. The maximum atomic E-state index is 9.14. The number of anilines is 1. The molecule has 0 spiro atoms. The number of benzene rings is 1. The topological polar surface area (TPSA) is 35.5 Å². The van der Waals surface area contributed by atoms with Crippen LogP contribution < -0.4 is 10.2 Å². The van der Waals surface area contributed by atoms with E-state index in [1.165, 1.54) is 16.8 Å². The quantitative estimate of drug-likeness (QED) is 0.779. The fourth-order valence-corrected chi connectivity index (χ4v) is 2.11. The van der Waals surface area contributed by atoms with Crippen molar-refractivity contribution in [2.45, 2.75) is 40.3 Å². The standard InChI is InChI=1S/C15H26N2O/c1-5-16-11-14-6-7-15(10-13(14)4)17(8-9-18)12(2)3/h6-7,10,12,16,18H,5,8-9,11H2,1-4H3. The SMILES string of the molecule is CCNCc1ccc(N(CCO)C(C)C)cc1C. The van der Waals surface area contributed by atoms with Crippen molar-refractivity contribution in [3.05, 3.63) is 29.3 Å². The van der Waals surface area contributed by atoms with Crippen LogP contribution in [0.4, 0.5) is 5.69 Å². The van der Waals surface area contributed by atoms with Crippen LogP contribution >= 0.6 is 0 Å². The Morgan fingerprint density at radius 3 is 2.56 bits per heavy atom. The van der Waals surface area contributed by atoms with Gasteiger partial charge in [-0.2, -0.15) is 0 Å². The summed E-state index contributed by atoms with van der Waals surface area (Å²) < 4.78 is 0. The molecule has 0 aliphatic rings. The molecule has 0 heterocycles. The number of aliphatic hydroxyl groups excluding tert-OH is 1. The highest BCUT2D eigenvalue weighted by Gasteiger charge is 2.10. The molecule has 102 valence electrons. The number of nitrogens with zero attached hydrogens (tertiary/aromatic N) is 1. The zero-order valence-electron chi connectivity index (χ0n) is 12.0. The van der Waals surface area contributed by atoms with E-state index in [0.717, 1.165) is 13.1 Å². The summed E-state index contributed by atoms with van der Waals surface area (Å²) in [6, 6.07) is 6.94. The maximum absolute atomic E-state index is 9.14. The predicted octanol–water partition coefficient (Wildman–Crippen LogP) is 2.31. The van der Waals surface area contributed by atoms with E-state index in [1.807, 2.05) is 0 Å². The van der Waals surface area contributed by atoms with Gasteiger partial charge >= 0.3 is 0 Å². The lowest BCUT2D eigenvalue weighted by Crippen LogP contribution is -2.33. The zero-order chi connectivity index (χ0) is 13.5. The Labute approximate surface area is 111 Å². The van der Waals surface area contributed by atoms with E-state index in [-0.39, 0.29) is 6.61 Å². The first-order valence-corrected chi connectivity index (χ1v) is 6.77. The van der Waals surface area contributed by atoms with E-state index in [9.17, 15) is 0 Å². The second-order valence-electron chi connectivity index (χ2n) is 4.90. The summed E-state index contributed by atoms with van der Waals surface area (Å²) in [7, 11) is 0. The van der Waals surface area contributed by atoms with Gasteiger partial charge in [-0.05, 0) is 50.6 Å². The zero-order valence-corrected chi connectivity index (χ0v) is 12.0. The molecule has 0 bridgehead atoms. The van der Waals surface area contributed by atoms with Crippen molar-refractivity contribution in [3.63, 3.8) is 0 Å². The van der Waals surface area contributed by atoms with Crippen molar-refractivity contribution in [1.82, 2.24) is 5.32 Å². The Bertz CT molecular complexity index is 364. The first-order valence-electron chi connectivity index (χ1n) is 6.77. The molecule has 0 radical (unpaired) electrons. The molecule has 1 aromatic carbocycles. The molecule has 0 unspecified atom stereocenters. The van der Waals surface area contributed by atoms with Crippen molar-refractivity contribution in [1.29, 1.82) is 0 Å². The lowest BCUT2D eigenvalue weighted by Gasteiger charge is -2.29. The fourth-order valence-electron chi connectivity index (χ4n) is 2.11. The molecule has 0 fully saturated rings. The molecule has 2 N–H and O–H groups in total. The molecular formula is C15H26N2O. The van der Waals surface area contributed by atoms with Crippen LogP contribution in [-0.4, -0.2) is 30.8 Å². The van der Waals surface area contributed by atoms with Gasteiger partial charge in [0.1, 0.15) is 0 Å². The smallest absolute Gasteiger partial charge is 0.0606 e. The Morgan fingerprint density at radius 2 is 2.06 bits per heavy atom. The molecule has 0 aliphatic heterocycles. The highest BCUT2D eigenvalue weighted by atomic mass is 16.3. The van der Waals surface area contributed by atoms with Crippen molar-refractivity contribution in [3.8, 4) is 0 Å². The van der Waals surface area contributed by atoms with Gasteiger partial charge in [-0.15, -0.1) is 0 Å². The maximum Gasteiger partial charge on any atom is 0.0606 e. The van der Waals surface area contributed by atoms with Gasteiger partial charge in [0.2, 0.25) is 0 Å². The highest BCUT2D eigenvalue weighted by Crippen LogP contribution is 2.21. The minimum absolute atomic E-state index is 0.191. The van der Waals surface area contributed by atoms with Gasteiger partial charge in [-0.25, -0.2) is 0 Å². The van der Waals surface area contributed by atoms with Crippen LogP contribution in [0, 0.1) is 6.92 Å². The van der Waals surface area contributed by atoms with Crippen LogP contribution in [0.1, 0.15) is 31.9 Å². The van der Waals surface area contributed by atoms with Crippen molar-refractivity contribution >= 4 is 5.69 Å². The monoisotopic (exact) mass is 250 g/mol. The van der Waals surface area contributed by atoms with Gasteiger partial charge in [-0.3, -0.25) is 0 Å². The molecule has 3 nitrogen and oxygen atoms in total. The van der Waals surface area contributed by atoms with Gasteiger partial charge < -0.3 is 15.3 Å². The fraction of sp³-hybridized carbons (Fsp3) is 0.600. The molecule has 0 aromatic heterocycles. The van der Waals surface area contributed by atoms with E-state index >= 15 is 0 Å². The molecule has 1 aromatic rings. The van der Waals surface area contributed by atoms with E-state index in [0.29, 0.717) is 12.6 Å². The lowest BCUT2D eigenvalue weighted by molar-refractivity contribution is 0.299. The molecule has 18 heavy (non-hydrogen) atoms. The van der Waals surface area contributed by atoms with Gasteiger partial charge in [0, 0.05) is 24.8 Å². The average Bonchev–Trinajstić information content (AvgIpc) is 2.34. The van der Waals surface area contributed by atoms with Gasteiger partial charge in [-0.1, -0.05) is 13.0 Å². The Morgan fingerprint density at radius 1 is 1.33 bits per heavy atom. The first-order chi connectivity index (χ1) is 8.60. The number of aryl methyl sites for hydroxylation is 1. The number of aliphatic hydroxyl groups is 1. The molecule has 0 amide bonds. The molecule has 0 saturated carbocycles. The normalized spacial score (nSPS) is 11.0. The second-order valence-corrected chi connectivity index (χ2v) is 4.90. The summed E-state index contributed by atoms with van der Waals surface area (Å²) in [5, 5.41) is 12.5. The summed E-state index contributed by atoms with van der Waals surface area (Å²) >= 11 is 0. The van der Waals surface area contributed by atoms with Crippen LogP contribution in [-0.2, 0) is 6.54 Å². The van der Waals surface area contributed by atoms with Crippen molar-refractivity contribution in [2.75, 3.05) is 24.6 Å². The van der Waals surface area contributed by atoms with Crippen molar-refractivity contribution < 1.29 is 5.11 Å². The van der Waals surface area contributed by atoms with E-state index in [2.05, 4.69) is 56.1 Å². The highest BCUT2D eigenvalue weighted by molar-refractivity contribution is 5.51. The summed E-state index contributed by atoms with van der Waals surface area (Å²) in [5.74, 6) is 0. The average molecular weight is 250 g/mol. The third kappa shape index (κ3) is 4.00.